The predicted molar refractivity (Wildman–Crippen MR) is 80.3 cm³/mol. The summed E-state index contributed by atoms with van der Waals surface area (Å²) >= 11 is 0. The van der Waals surface area contributed by atoms with Crippen LogP contribution in [-0.4, -0.2) is 37.7 Å². The van der Waals surface area contributed by atoms with Gasteiger partial charge in [0.2, 0.25) is 5.91 Å². The van der Waals surface area contributed by atoms with E-state index in [4.69, 9.17) is 9.57 Å². The standard InChI is InChI=1S/C16H21NO4/c1-5-21-16(19)10-9-13-8-6-7-12(2)14(13)11-15(18)17(3)20-4/h6-10H,5,11H2,1-4H3/b10-9+. The number of benzene rings is 1. The topological polar surface area (TPSA) is 55.8 Å². The minimum atomic E-state index is -0.398. The van der Waals surface area contributed by atoms with Crippen molar-refractivity contribution in [3.05, 3.63) is 41.0 Å². The van der Waals surface area contributed by atoms with E-state index in [1.807, 2.05) is 25.1 Å². The van der Waals surface area contributed by atoms with E-state index in [1.165, 1.54) is 18.2 Å². The zero-order chi connectivity index (χ0) is 15.8. The maximum atomic E-state index is 12.0. The lowest BCUT2D eigenvalue weighted by atomic mass is 9.98. The highest BCUT2D eigenvalue weighted by atomic mass is 16.7. The van der Waals surface area contributed by atoms with Crippen molar-refractivity contribution < 1.29 is 19.2 Å². The molecule has 0 bridgehead atoms. The zero-order valence-electron chi connectivity index (χ0n) is 12.9. The molecule has 0 aliphatic rings. The smallest absolute Gasteiger partial charge is 0.330 e. The Morgan fingerprint density at radius 3 is 2.67 bits per heavy atom. The number of likely N-dealkylation sites (N-methyl/N-ethyl adjacent to an activating group) is 1. The first-order valence-electron chi connectivity index (χ1n) is 6.73. The fraction of sp³-hybridized carbons (Fsp3) is 0.375. The molecule has 5 nitrogen and oxygen atoms in total. The third-order valence-electron chi connectivity index (χ3n) is 3.09. The van der Waals surface area contributed by atoms with Crippen LogP contribution in [0.3, 0.4) is 0 Å². The van der Waals surface area contributed by atoms with Gasteiger partial charge in [0.15, 0.2) is 0 Å². The lowest BCUT2D eigenvalue weighted by molar-refractivity contribution is -0.167. The number of amides is 1. The molecule has 1 aromatic carbocycles. The lowest BCUT2D eigenvalue weighted by Crippen LogP contribution is -2.27. The molecule has 0 N–H and O–H groups in total. The number of nitrogens with zero attached hydrogens (tertiary/aromatic N) is 1. The highest BCUT2D eigenvalue weighted by Gasteiger charge is 2.13. The largest absolute Gasteiger partial charge is 0.463 e. The van der Waals surface area contributed by atoms with Gasteiger partial charge in [0, 0.05) is 13.1 Å². The molecule has 0 saturated heterocycles. The van der Waals surface area contributed by atoms with Crippen molar-refractivity contribution >= 4 is 18.0 Å². The van der Waals surface area contributed by atoms with E-state index in [0.29, 0.717) is 6.61 Å². The Morgan fingerprint density at radius 1 is 1.33 bits per heavy atom. The van der Waals surface area contributed by atoms with Gasteiger partial charge in [0.1, 0.15) is 0 Å². The van der Waals surface area contributed by atoms with Crippen LogP contribution < -0.4 is 0 Å². The molecule has 1 aromatic rings. The van der Waals surface area contributed by atoms with Gasteiger partial charge < -0.3 is 4.74 Å². The molecular formula is C16H21NO4. The lowest BCUT2D eigenvalue weighted by Gasteiger charge is -2.15. The van der Waals surface area contributed by atoms with Crippen LogP contribution in [0.5, 0.6) is 0 Å². The molecule has 0 aliphatic heterocycles. The number of rotatable bonds is 6. The first kappa shape index (κ1) is 16.9. The number of esters is 1. The Bertz CT molecular complexity index is 537. The van der Waals surface area contributed by atoms with Crippen LogP contribution in [-0.2, 0) is 25.6 Å². The molecule has 1 rings (SSSR count). The minimum Gasteiger partial charge on any atom is -0.463 e. The highest BCUT2D eigenvalue weighted by molar-refractivity contribution is 5.88. The summed E-state index contributed by atoms with van der Waals surface area (Å²) in [6.07, 6.45) is 3.24. The molecule has 0 fully saturated rings. The van der Waals surface area contributed by atoms with Gasteiger partial charge in [-0.3, -0.25) is 9.63 Å². The molecule has 114 valence electrons. The van der Waals surface area contributed by atoms with Gasteiger partial charge in [-0.2, -0.15) is 0 Å². The van der Waals surface area contributed by atoms with Crippen molar-refractivity contribution in [1.29, 1.82) is 0 Å². The molecule has 0 spiro atoms. The first-order chi connectivity index (χ1) is 9.99. The van der Waals surface area contributed by atoms with Crippen molar-refractivity contribution in [3.8, 4) is 0 Å². The highest BCUT2D eigenvalue weighted by Crippen LogP contribution is 2.17. The van der Waals surface area contributed by atoms with E-state index in [1.54, 1.807) is 20.0 Å². The maximum absolute atomic E-state index is 12.0. The number of aryl methyl sites for hydroxylation is 1. The Balaban J connectivity index is 2.98. The van der Waals surface area contributed by atoms with E-state index in [0.717, 1.165) is 16.7 Å². The third-order valence-corrected chi connectivity index (χ3v) is 3.09. The number of hydroxylamine groups is 2. The van der Waals surface area contributed by atoms with Crippen molar-refractivity contribution in [1.82, 2.24) is 5.06 Å². The molecule has 0 heterocycles. The molecule has 0 unspecified atom stereocenters. The van der Waals surface area contributed by atoms with Crippen molar-refractivity contribution in [3.63, 3.8) is 0 Å². The average Bonchev–Trinajstić information content (AvgIpc) is 2.47. The van der Waals surface area contributed by atoms with Gasteiger partial charge in [-0.05, 0) is 36.6 Å². The van der Waals surface area contributed by atoms with E-state index < -0.39 is 5.97 Å². The minimum absolute atomic E-state index is 0.155. The van der Waals surface area contributed by atoms with Crippen molar-refractivity contribution in [2.45, 2.75) is 20.3 Å². The Hall–Kier alpha value is -2.14. The molecule has 5 heteroatoms. The molecule has 0 atom stereocenters. The van der Waals surface area contributed by atoms with Gasteiger partial charge in [0.25, 0.3) is 0 Å². The van der Waals surface area contributed by atoms with Crippen LogP contribution in [0.1, 0.15) is 23.6 Å². The molecular weight excluding hydrogens is 270 g/mol. The molecule has 0 radical (unpaired) electrons. The third kappa shape index (κ3) is 5.04. The van der Waals surface area contributed by atoms with E-state index in [-0.39, 0.29) is 12.3 Å². The first-order valence-corrected chi connectivity index (χ1v) is 6.73. The fourth-order valence-corrected chi connectivity index (χ4v) is 1.84. The number of carbonyl (C=O) groups is 2. The van der Waals surface area contributed by atoms with Gasteiger partial charge in [-0.25, -0.2) is 9.86 Å². The van der Waals surface area contributed by atoms with E-state index in [2.05, 4.69) is 0 Å². The molecule has 0 aromatic heterocycles. The summed E-state index contributed by atoms with van der Waals surface area (Å²) in [6, 6.07) is 5.67. The number of carbonyl (C=O) groups excluding carboxylic acids is 2. The number of hydrogen-bond acceptors (Lipinski definition) is 4. The second-order valence-electron chi connectivity index (χ2n) is 4.48. The van der Waals surface area contributed by atoms with Crippen LogP contribution in [0.25, 0.3) is 6.08 Å². The maximum Gasteiger partial charge on any atom is 0.330 e. The molecule has 1 amide bonds. The van der Waals surface area contributed by atoms with Crippen LogP contribution >= 0.6 is 0 Å². The second-order valence-corrected chi connectivity index (χ2v) is 4.48. The normalized spacial score (nSPS) is 10.7. The van der Waals surface area contributed by atoms with Crippen molar-refractivity contribution in [2.24, 2.45) is 0 Å². The average molecular weight is 291 g/mol. The predicted octanol–water partition coefficient (Wildman–Crippen LogP) is 2.13. The van der Waals surface area contributed by atoms with E-state index >= 15 is 0 Å². The van der Waals surface area contributed by atoms with E-state index in [9.17, 15) is 9.59 Å². The summed E-state index contributed by atoms with van der Waals surface area (Å²) in [5, 5.41) is 1.19. The monoisotopic (exact) mass is 291 g/mol. The number of hydrogen-bond donors (Lipinski definition) is 0. The Labute approximate surface area is 125 Å². The summed E-state index contributed by atoms with van der Waals surface area (Å²) in [6.45, 7) is 4.02. The van der Waals surface area contributed by atoms with Crippen LogP contribution in [0.15, 0.2) is 24.3 Å². The summed E-state index contributed by atoms with van der Waals surface area (Å²) in [5.74, 6) is -0.553. The summed E-state index contributed by atoms with van der Waals surface area (Å²) in [4.78, 5) is 28.2. The summed E-state index contributed by atoms with van der Waals surface area (Å²) in [7, 11) is 3.01. The summed E-state index contributed by atoms with van der Waals surface area (Å²) in [5.41, 5.74) is 2.67. The summed E-state index contributed by atoms with van der Waals surface area (Å²) < 4.78 is 4.85. The van der Waals surface area contributed by atoms with Crippen LogP contribution in [0.2, 0.25) is 0 Å². The second kappa shape index (κ2) is 8.21. The zero-order valence-corrected chi connectivity index (χ0v) is 12.9. The Kier molecular flexibility index (Phi) is 6.62. The molecule has 0 saturated carbocycles. The molecule has 0 aliphatic carbocycles. The van der Waals surface area contributed by atoms with Gasteiger partial charge in [-0.1, -0.05) is 18.2 Å². The quantitative estimate of drug-likeness (QED) is 0.458. The Morgan fingerprint density at radius 2 is 2.05 bits per heavy atom. The van der Waals surface area contributed by atoms with Gasteiger partial charge in [0.05, 0.1) is 20.1 Å². The van der Waals surface area contributed by atoms with Crippen LogP contribution in [0, 0.1) is 6.92 Å². The number of ether oxygens (including phenoxy) is 1. The SMILES string of the molecule is CCOC(=O)/C=C/c1cccc(C)c1CC(=O)N(C)OC. The fourth-order valence-electron chi connectivity index (χ4n) is 1.84. The van der Waals surface area contributed by atoms with Gasteiger partial charge >= 0.3 is 5.97 Å². The van der Waals surface area contributed by atoms with Crippen molar-refractivity contribution in [2.75, 3.05) is 20.8 Å². The van der Waals surface area contributed by atoms with Crippen LogP contribution in [0.4, 0.5) is 0 Å². The van der Waals surface area contributed by atoms with Gasteiger partial charge in [-0.15, -0.1) is 0 Å². The molecule has 21 heavy (non-hydrogen) atoms.